The van der Waals surface area contributed by atoms with Gasteiger partial charge in [-0.1, -0.05) is 32.0 Å². The van der Waals surface area contributed by atoms with Gasteiger partial charge >= 0.3 is 0 Å². The second kappa shape index (κ2) is 6.63. The van der Waals surface area contributed by atoms with Crippen molar-refractivity contribution in [3.05, 3.63) is 0 Å². The highest BCUT2D eigenvalue weighted by atomic mass is 32.2. The molecular formula is C10H21N3O2S2. The third-order valence-electron chi connectivity index (χ3n) is 2.96. The Morgan fingerprint density at radius 1 is 1.35 bits per heavy atom. The topological polar surface area (TPSA) is 75.4 Å². The minimum atomic E-state index is -3.37. The van der Waals surface area contributed by atoms with Crippen molar-refractivity contribution in [1.29, 1.82) is 0 Å². The van der Waals surface area contributed by atoms with Gasteiger partial charge < -0.3 is 5.73 Å². The molecule has 1 atom stereocenters. The minimum absolute atomic E-state index is 0.119. The van der Waals surface area contributed by atoms with Gasteiger partial charge in [0.25, 0.3) is 10.2 Å². The molecule has 0 aromatic rings. The molecule has 0 radical (unpaired) electrons. The molecule has 5 nitrogen and oxygen atoms in total. The third-order valence-corrected chi connectivity index (χ3v) is 4.94. The fraction of sp³-hybridized carbons (Fsp3) is 0.900. The molecular weight excluding hydrogens is 258 g/mol. The summed E-state index contributed by atoms with van der Waals surface area (Å²) in [5.74, 6) is -0.119. The molecule has 7 heteroatoms. The van der Waals surface area contributed by atoms with Gasteiger partial charge in [-0.3, -0.25) is 0 Å². The summed E-state index contributed by atoms with van der Waals surface area (Å²) in [5, 5.41) is 0. The lowest BCUT2D eigenvalue weighted by molar-refractivity contribution is 0.413. The number of thiocarbonyl (C=S) groups is 1. The van der Waals surface area contributed by atoms with Crippen molar-refractivity contribution in [3.8, 4) is 0 Å². The molecule has 1 aliphatic heterocycles. The second-order valence-corrected chi connectivity index (χ2v) is 6.70. The van der Waals surface area contributed by atoms with E-state index in [1.807, 2.05) is 6.92 Å². The van der Waals surface area contributed by atoms with Crippen LogP contribution in [0, 0.1) is 5.92 Å². The van der Waals surface area contributed by atoms with Crippen molar-refractivity contribution in [2.45, 2.75) is 32.6 Å². The Balaban J connectivity index is 2.52. The summed E-state index contributed by atoms with van der Waals surface area (Å²) >= 11 is 4.81. The lowest BCUT2D eigenvalue weighted by atomic mass is 10.2. The highest BCUT2D eigenvalue weighted by molar-refractivity contribution is 7.87. The van der Waals surface area contributed by atoms with Gasteiger partial charge in [-0.2, -0.15) is 12.7 Å². The molecule has 3 N–H and O–H groups in total. The van der Waals surface area contributed by atoms with Crippen LogP contribution in [-0.4, -0.2) is 37.3 Å². The van der Waals surface area contributed by atoms with E-state index >= 15 is 0 Å². The fourth-order valence-corrected chi connectivity index (χ4v) is 3.17. The summed E-state index contributed by atoms with van der Waals surface area (Å²) in [4.78, 5) is 0.337. The van der Waals surface area contributed by atoms with Crippen LogP contribution < -0.4 is 10.5 Å². The summed E-state index contributed by atoms with van der Waals surface area (Å²) < 4.78 is 28.1. The van der Waals surface area contributed by atoms with Crippen LogP contribution in [0.25, 0.3) is 0 Å². The van der Waals surface area contributed by atoms with Crippen LogP contribution in [0.5, 0.6) is 0 Å². The summed E-state index contributed by atoms with van der Waals surface area (Å²) in [5.41, 5.74) is 5.45. The van der Waals surface area contributed by atoms with Crippen molar-refractivity contribution >= 4 is 27.4 Å². The Hall–Kier alpha value is -0.240. The maximum absolute atomic E-state index is 12.0. The van der Waals surface area contributed by atoms with Crippen LogP contribution >= 0.6 is 12.2 Å². The summed E-state index contributed by atoms with van der Waals surface area (Å²) in [6.07, 6.45) is 4.09. The minimum Gasteiger partial charge on any atom is -0.393 e. The summed E-state index contributed by atoms with van der Waals surface area (Å²) in [6, 6.07) is 0. The first-order valence-corrected chi connectivity index (χ1v) is 7.82. The Morgan fingerprint density at radius 3 is 2.35 bits per heavy atom. The van der Waals surface area contributed by atoms with E-state index < -0.39 is 10.2 Å². The first kappa shape index (κ1) is 14.8. The van der Waals surface area contributed by atoms with Gasteiger partial charge in [0.05, 0.1) is 4.99 Å². The molecule has 0 aromatic heterocycles. The molecule has 1 rings (SSSR count). The number of nitrogens with two attached hydrogens (primary N) is 1. The van der Waals surface area contributed by atoms with Gasteiger partial charge in [0.1, 0.15) is 0 Å². The second-order valence-electron chi connectivity index (χ2n) is 4.47. The summed E-state index contributed by atoms with van der Waals surface area (Å²) in [7, 11) is -3.37. The van der Waals surface area contributed by atoms with Crippen molar-refractivity contribution in [1.82, 2.24) is 9.03 Å². The molecule has 100 valence electrons. The number of nitrogens with one attached hydrogen (secondary N) is 1. The quantitative estimate of drug-likeness (QED) is 0.723. The fourth-order valence-electron chi connectivity index (χ4n) is 1.70. The molecule has 0 spiro atoms. The predicted molar refractivity (Wildman–Crippen MR) is 72.9 cm³/mol. The number of rotatable bonds is 5. The van der Waals surface area contributed by atoms with E-state index in [9.17, 15) is 8.42 Å². The lowest BCUT2D eigenvalue weighted by Gasteiger charge is -2.21. The van der Waals surface area contributed by atoms with Gasteiger partial charge in [-0.25, -0.2) is 4.72 Å². The van der Waals surface area contributed by atoms with Crippen LogP contribution in [0.3, 0.4) is 0 Å². The van der Waals surface area contributed by atoms with Crippen molar-refractivity contribution < 1.29 is 8.42 Å². The Bertz CT molecular complexity index is 349. The van der Waals surface area contributed by atoms with Gasteiger partial charge in [0, 0.05) is 25.6 Å². The summed E-state index contributed by atoms with van der Waals surface area (Å²) in [6.45, 7) is 3.30. The van der Waals surface area contributed by atoms with E-state index in [0.29, 0.717) is 18.1 Å². The maximum atomic E-state index is 12.0. The van der Waals surface area contributed by atoms with Crippen LogP contribution in [0.4, 0.5) is 0 Å². The Labute approximate surface area is 109 Å². The molecule has 1 heterocycles. The van der Waals surface area contributed by atoms with Gasteiger partial charge in [0.15, 0.2) is 0 Å². The van der Waals surface area contributed by atoms with Crippen LogP contribution in [0.15, 0.2) is 0 Å². The van der Waals surface area contributed by atoms with Gasteiger partial charge in [-0.05, 0) is 12.8 Å². The van der Waals surface area contributed by atoms with E-state index in [-0.39, 0.29) is 12.5 Å². The molecule has 1 aliphatic rings. The van der Waals surface area contributed by atoms with E-state index in [1.54, 1.807) is 0 Å². The molecule has 0 saturated carbocycles. The van der Waals surface area contributed by atoms with Crippen LogP contribution in [-0.2, 0) is 10.2 Å². The predicted octanol–water partition coefficient (Wildman–Crippen LogP) is 0.619. The average molecular weight is 279 g/mol. The van der Waals surface area contributed by atoms with Crippen LogP contribution in [0.1, 0.15) is 32.6 Å². The average Bonchev–Trinajstić information content (AvgIpc) is 2.54. The van der Waals surface area contributed by atoms with E-state index in [4.69, 9.17) is 18.0 Å². The monoisotopic (exact) mass is 279 g/mol. The first-order chi connectivity index (χ1) is 7.93. The number of nitrogens with zero attached hydrogens (tertiary/aromatic N) is 1. The molecule has 0 aromatic carbocycles. The molecule has 1 fully saturated rings. The third kappa shape index (κ3) is 4.87. The van der Waals surface area contributed by atoms with E-state index in [2.05, 4.69) is 4.72 Å². The molecule has 17 heavy (non-hydrogen) atoms. The molecule has 0 bridgehead atoms. The number of hydrogen-bond acceptors (Lipinski definition) is 3. The zero-order valence-electron chi connectivity index (χ0n) is 10.2. The van der Waals surface area contributed by atoms with E-state index in [1.165, 1.54) is 4.31 Å². The van der Waals surface area contributed by atoms with Gasteiger partial charge in [0.2, 0.25) is 0 Å². The smallest absolute Gasteiger partial charge is 0.279 e. The van der Waals surface area contributed by atoms with Gasteiger partial charge in [-0.15, -0.1) is 0 Å². The molecule has 0 aliphatic carbocycles. The van der Waals surface area contributed by atoms with Crippen LogP contribution in [0.2, 0.25) is 0 Å². The zero-order valence-corrected chi connectivity index (χ0v) is 11.8. The lowest BCUT2D eigenvalue weighted by Crippen LogP contribution is -2.44. The normalized spacial score (nSPS) is 20.8. The first-order valence-electron chi connectivity index (χ1n) is 5.97. The SMILES string of the molecule is CC(CNS(=O)(=O)N1CCCCCC1)C(N)=S. The van der Waals surface area contributed by atoms with Crippen molar-refractivity contribution in [2.75, 3.05) is 19.6 Å². The Morgan fingerprint density at radius 2 is 1.88 bits per heavy atom. The molecule has 1 unspecified atom stereocenters. The van der Waals surface area contributed by atoms with E-state index in [0.717, 1.165) is 25.7 Å². The zero-order chi connectivity index (χ0) is 12.9. The standard InChI is InChI=1S/C10H21N3O2S2/c1-9(10(11)16)8-12-17(14,15)13-6-4-2-3-5-7-13/h9,12H,2-8H2,1H3,(H2,11,16). The Kier molecular flexibility index (Phi) is 5.78. The number of hydrogen-bond donors (Lipinski definition) is 2. The highest BCUT2D eigenvalue weighted by Gasteiger charge is 2.23. The highest BCUT2D eigenvalue weighted by Crippen LogP contribution is 2.12. The molecule has 1 saturated heterocycles. The van der Waals surface area contributed by atoms with Crippen molar-refractivity contribution in [3.63, 3.8) is 0 Å². The van der Waals surface area contributed by atoms with Crippen molar-refractivity contribution in [2.24, 2.45) is 11.7 Å². The molecule has 0 amide bonds. The maximum Gasteiger partial charge on any atom is 0.279 e. The largest absolute Gasteiger partial charge is 0.393 e.